The second-order valence-corrected chi connectivity index (χ2v) is 8.50. The van der Waals surface area contributed by atoms with Crippen LogP contribution in [0.1, 0.15) is 63.0 Å². The number of rotatable bonds is 14. The van der Waals surface area contributed by atoms with Gasteiger partial charge in [-0.15, -0.1) is 0 Å². The zero-order chi connectivity index (χ0) is 25.8. The Balaban J connectivity index is 2.04. The molecule has 35 heavy (non-hydrogen) atoms. The van der Waals surface area contributed by atoms with E-state index < -0.39 is 30.4 Å². The van der Waals surface area contributed by atoms with Gasteiger partial charge in [0.15, 0.2) is 23.0 Å². The SMILES string of the molecule is CCC[C@@H](Cc1ccccc1)[C@H](C)OC(=O)[C@H](C)CC(=O)c1nccc(OC)c1OCOC(C)=O. The fourth-order valence-electron chi connectivity index (χ4n) is 3.74. The maximum absolute atomic E-state index is 13.0. The van der Waals surface area contributed by atoms with Crippen molar-refractivity contribution in [2.45, 2.75) is 59.5 Å². The zero-order valence-electron chi connectivity index (χ0n) is 21.1. The average Bonchev–Trinajstić information content (AvgIpc) is 2.84. The topological polar surface area (TPSA) is 101 Å². The van der Waals surface area contributed by atoms with E-state index in [4.69, 9.17) is 18.9 Å². The molecule has 8 heteroatoms. The van der Waals surface area contributed by atoms with Crippen molar-refractivity contribution < 1.29 is 33.3 Å². The predicted octanol–water partition coefficient (Wildman–Crippen LogP) is 4.79. The van der Waals surface area contributed by atoms with Crippen LogP contribution in [0, 0.1) is 11.8 Å². The van der Waals surface area contributed by atoms with E-state index in [0.29, 0.717) is 0 Å². The second-order valence-electron chi connectivity index (χ2n) is 8.50. The van der Waals surface area contributed by atoms with Gasteiger partial charge in [-0.2, -0.15) is 0 Å². The van der Waals surface area contributed by atoms with Crippen LogP contribution in [0.4, 0.5) is 0 Å². The number of ketones is 1. The smallest absolute Gasteiger partial charge is 0.309 e. The van der Waals surface area contributed by atoms with E-state index in [2.05, 4.69) is 24.0 Å². The lowest BCUT2D eigenvalue weighted by molar-refractivity contribution is -0.155. The van der Waals surface area contributed by atoms with Crippen molar-refractivity contribution in [3.05, 3.63) is 53.9 Å². The molecule has 1 heterocycles. The van der Waals surface area contributed by atoms with Gasteiger partial charge < -0.3 is 18.9 Å². The van der Waals surface area contributed by atoms with Crippen LogP contribution in [0.2, 0.25) is 0 Å². The number of nitrogens with zero attached hydrogens (tertiary/aromatic N) is 1. The Bertz CT molecular complexity index is 977. The van der Waals surface area contributed by atoms with Gasteiger partial charge in [-0.3, -0.25) is 14.4 Å². The van der Waals surface area contributed by atoms with Gasteiger partial charge in [0.2, 0.25) is 6.79 Å². The molecule has 8 nitrogen and oxygen atoms in total. The highest BCUT2D eigenvalue weighted by Gasteiger charge is 2.27. The lowest BCUT2D eigenvalue weighted by atomic mass is 9.90. The van der Waals surface area contributed by atoms with E-state index >= 15 is 0 Å². The average molecular weight is 486 g/mol. The maximum Gasteiger partial charge on any atom is 0.309 e. The number of carbonyl (C=O) groups excluding carboxylic acids is 3. The fourth-order valence-corrected chi connectivity index (χ4v) is 3.74. The molecule has 2 rings (SSSR count). The molecule has 0 unspecified atom stereocenters. The van der Waals surface area contributed by atoms with Crippen LogP contribution in [0.15, 0.2) is 42.6 Å². The van der Waals surface area contributed by atoms with Crippen molar-refractivity contribution in [1.29, 1.82) is 0 Å². The molecule has 0 amide bonds. The minimum Gasteiger partial charge on any atom is -0.493 e. The van der Waals surface area contributed by atoms with Crippen molar-refractivity contribution in [3.8, 4) is 11.5 Å². The molecule has 0 aliphatic heterocycles. The molecule has 3 atom stereocenters. The number of Topliss-reactive ketones (excluding diaryl/α,β-unsaturated/α-hetero) is 1. The van der Waals surface area contributed by atoms with Crippen molar-refractivity contribution in [1.82, 2.24) is 4.98 Å². The van der Waals surface area contributed by atoms with Crippen LogP contribution in [0.25, 0.3) is 0 Å². The number of methoxy groups -OCH3 is 1. The zero-order valence-corrected chi connectivity index (χ0v) is 21.1. The van der Waals surface area contributed by atoms with Gasteiger partial charge in [-0.1, -0.05) is 50.6 Å². The first-order valence-corrected chi connectivity index (χ1v) is 11.8. The summed E-state index contributed by atoms with van der Waals surface area (Å²) in [5, 5.41) is 0. The molecule has 0 fully saturated rings. The maximum atomic E-state index is 13.0. The van der Waals surface area contributed by atoms with Crippen LogP contribution in [-0.4, -0.2) is 42.7 Å². The lowest BCUT2D eigenvalue weighted by Gasteiger charge is -2.25. The van der Waals surface area contributed by atoms with Crippen LogP contribution in [0.5, 0.6) is 11.5 Å². The Kier molecular flexibility index (Phi) is 11.2. The summed E-state index contributed by atoms with van der Waals surface area (Å²) in [4.78, 5) is 41.0. The lowest BCUT2D eigenvalue weighted by Crippen LogP contribution is -2.29. The Morgan fingerprint density at radius 2 is 1.77 bits per heavy atom. The van der Waals surface area contributed by atoms with Gasteiger partial charge in [-0.25, -0.2) is 4.98 Å². The Labute approximate surface area is 206 Å². The minimum atomic E-state index is -0.682. The Morgan fingerprint density at radius 3 is 2.40 bits per heavy atom. The highest BCUT2D eigenvalue weighted by Crippen LogP contribution is 2.31. The van der Waals surface area contributed by atoms with Crippen molar-refractivity contribution in [2.24, 2.45) is 11.8 Å². The number of carbonyl (C=O) groups is 3. The molecule has 0 bridgehead atoms. The number of hydrogen-bond acceptors (Lipinski definition) is 8. The van der Waals surface area contributed by atoms with Gasteiger partial charge >= 0.3 is 11.9 Å². The molecule has 190 valence electrons. The van der Waals surface area contributed by atoms with Crippen LogP contribution in [-0.2, 0) is 25.5 Å². The summed E-state index contributed by atoms with van der Waals surface area (Å²) >= 11 is 0. The summed E-state index contributed by atoms with van der Waals surface area (Å²) in [6.45, 7) is 6.51. The van der Waals surface area contributed by atoms with Gasteiger partial charge in [0.05, 0.1) is 13.0 Å². The van der Waals surface area contributed by atoms with E-state index in [1.165, 1.54) is 31.9 Å². The highest BCUT2D eigenvalue weighted by atomic mass is 16.7. The van der Waals surface area contributed by atoms with Crippen molar-refractivity contribution in [3.63, 3.8) is 0 Å². The van der Waals surface area contributed by atoms with E-state index in [1.54, 1.807) is 6.92 Å². The highest BCUT2D eigenvalue weighted by molar-refractivity contribution is 5.99. The number of pyridine rings is 1. The molecule has 1 aromatic heterocycles. The van der Waals surface area contributed by atoms with Crippen molar-refractivity contribution >= 4 is 17.7 Å². The van der Waals surface area contributed by atoms with Crippen LogP contribution < -0.4 is 9.47 Å². The van der Waals surface area contributed by atoms with E-state index in [1.807, 2.05) is 25.1 Å². The molecule has 0 aliphatic carbocycles. The monoisotopic (exact) mass is 485 g/mol. The first-order chi connectivity index (χ1) is 16.8. The van der Waals surface area contributed by atoms with E-state index in [9.17, 15) is 14.4 Å². The van der Waals surface area contributed by atoms with Crippen LogP contribution >= 0.6 is 0 Å². The predicted molar refractivity (Wildman–Crippen MR) is 130 cm³/mol. The van der Waals surface area contributed by atoms with Gasteiger partial charge in [-0.05, 0) is 31.2 Å². The van der Waals surface area contributed by atoms with E-state index in [0.717, 1.165) is 19.3 Å². The van der Waals surface area contributed by atoms with E-state index in [-0.39, 0.29) is 35.6 Å². The quantitative estimate of drug-likeness (QED) is 0.214. The van der Waals surface area contributed by atoms with Gasteiger partial charge in [0, 0.05) is 25.6 Å². The third kappa shape index (κ3) is 8.70. The summed E-state index contributed by atoms with van der Waals surface area (Å²) < 4.78 is 21.3. The summed E-state index contributed by atoms with van der Waals surface area (Å²) in [5.74, 6) is -1.56. The normalized spacial score (nSPS) is 13.3. The van der Waals surface area contributed by atoms with Gasteiger partial charge in [0.1, 0.15) is 6.10 Å². The minimum absolute atomic E-state index is 0.00265. The first-order valence-electron chi connectivity index (χ1n) is 11.8. The summed E-state index contributed by atoms with van der Waals surface area (Å²) in [5.41, 5.74) is 1.19. The molecular weight excluding hydrogens is 450 g/mol. The third-order valence-corrected chi connectivity index (χ3v) is 5.68. The number of benzene rings is 1. The standard InChI is InChI=1S/C27H35NO7/c1-6-10-22(16-21-11-8-7-9-12-21)19(3)35-27(31)18(2)15-23(30)25-26(34-17-33-20(4)29)24(32-5)13-14-28-25/h7-9,11-14,18-19,22H,6,10,15-17H2,1-5H3/t18-,19+,22+/m1/s1. The molecule has 0 N–H and O–H groups in total. The first kappa shape index (κ1) is 27.8. The molecule has 0 spiro atoms. The fraction of sp³-hybridized carbons (Fsp3) is 0.481. The Hall–Kier alpha value is -3.42. The molecule has 0 saturated carbocycles. The second kappa shape index (κ2) is 14.1. The molecule has 1 aromatic carbocycles. The van der Waals surface area contributed by atoms with Crippen molar-refractivity contribution in [2.75, 3.05) is 13.9 Å². The summed E-state index contributed by atoms with van der Waals surface area (Å²) in [7, 11) is 1.42. The summed E-state index contributed by atoms with van der Waals surface area (Å²) in [6, 6.07) is 11.6. The molecule has 0 aliphatic rings. The molecule has 0 radical (unpaired) electrons. The third-order valence-electron chi connectivity index (χ3n) is 5.68. The number of aromatic nitrogens is 1. The molecule has 2 aromatic rings. The number of ether oxygens (including phenoxy) is 4. The number of hydrogen-bond donors (Lipinski definition) is 0. The van der Waals surface area contributed by atoms with Gasteiger partial charge in [0.25, 0.3) is 0 Å². The number of esters is 2. The summed E-state index contributed by atoms with van der Waals surface area (Å²) in [6.07, 6.45) is 3.71. The molecule has 0 saturated heterocycles. The largest absolute Gasteiger partial charge is 0.493 e. The molecular formula is C27H35NO7. The van der Waals surface area contributed by atoms with Crippen LogP contribution in [0.3, 0.4) is 0 Å². The Morgan fingerprint density at radius 1 is 1.06 bits per heavy atom.